The minimum Gasteiger partial charge on any atom is -0.508 e. The monoisotopic (exact) mass is 340 g/mol. The van der Waals surface area contributed by atoms with Gasteiger partial charge in [-0.15, -0.1) is 0 Å². The maximum absolute atomic E-state index is 12.4. The van der Waals surface area contributed by atoms with Crippen molar-refractivity contribution in [3.63, 3.8) is 0 Å². The van der Waals surface area contributed by atoms with Gasteiger partial charge in [0.25, 0.3) is 0 Å². The van der Waals surface area contributed by atoms with Crippen molar-refractivity contribution in [3.05, 3.63) is 57.7 Å². The number of allylic oxidation sites excluding steroid dienone is 5. The summed E-state index contributed by atoms with van der Waals surface area (Å²) in [5, 5.41) is 20.4. The summed E-state index contributed by atoms with van der Waals surface area (Å²) in [5.41, 5.74) is 3.26. The van der Waals surface area contributed by atoms with Gasteiger partial charge in [-0.3, -0.25) is 9.59 Å². The number of aromatic hydroxyl groups is 1. The van der Waals surface area contributed by atoms with Gasteiger partial charge in [0.15, 0.2) is 0 Å². The number of carbonyl (C=O) groups is 2. The minimum absolute atomic E-state index is 0.0411. The lowest BCUT2D eigenvalue weighted by atomic mass is 9.84. The zero-order valence-electron chi connectivity index (χ0n) is 15.1. The summed E-state index contributed by atoms with van der Waals surface area (Å²) in [7, 11) is 0. The first-order valence-electron chi connectivity index (χ1n) is 8.37. The number of fused-ring (bicyclic) bond motifs is 1. The third kappa shape index (κ3) is 3.90. The number of benzene rings is 1. The summed E-state index contributed by atoms with van der Waals surface area (Å²) in [6.07, 6.45) is 6.27. The van der Waals surface area contributed by atoms with Crippen LogP contribution in [0.25, 0.3) is 5.76 Å². The number of phenolic OH excluding ortho intramolecular Hbond substituents is 1. The molecule has 4 nitrogen and oxygen atoms in total. The van der Waals surface area contributed by atoms with E-state index in [1.165, 1.54) is 24.6 Å². The van der Waals surface area contributed by atoms with Crippen molar-refractivity contribution in [3.8, 4) is 5.75 Å². The average molecular weight is 340 g/mol. The quantitative estimate of drug-likeness (QED) is 0.603. The topological polar surface area (TPSA) is 74.6 Å². The van der Waals surface area contributed by atoms with Crippen molar-refractivity contribution in [2.45, 2.75) is 47.0 Å². The Bertz CT molecular complexity index is 819. The molecule has 0 amide bonds. The van der Waals surface area contributed by atoms with Crippen molar-refractivity contribution in [2.75, 3.05) is 0 Å². The molecule has 0 fully saturated rings. The lowest BCUT2D eigenvalue weighted by Gasteiger charge is -2.19. The van der Waals surface area contributed by atoms with Gasteiger partial charge < -0.3 is 10.2 Å². The smallest absolute Gasteiger partial charge is 0.234 e. The van der Waals surface area contributed by atoms with Gasteiger partial charge in [-0.25, -0.2) is 0 Å². The third-order valence-corrected chi connectivity index (χ3v) is 4.42. The van der Waals surface area contributed by atoms with E-state index in [1.807, 2.05) is 13.0 Å². The van der Waals surface area contributed by atoms with Crippen LogP contribution in [-0.2, 0) is 11.2 Å². The molecule has 25 heavy (non-hydrogen) atoms. The van der Waals surface area contributed by atoms with Gasteiger partial charge in [-0.1, -0.05) is 23.3 Å². The van der Waals surface area contributed by atoms with Crippen LogP contribution in [0.2, 0.25) is 0 Å². The second kappa shape index (κ2) is 7.51. The second-order valence-corrected chi connectivity index (χ2v) is 6.69. The van der Waals surface area contributed by atoms with Gasteiger partial charge >= 0.3 is 0 Å². The van der Waals surface area contributed by atoms with Crippen LogP contribution in [0.3, 0.4) is 0 Å². The van der Waals surface area contributed by atoms with E-state index in [2.05, 4.69) is 19.9 Å². The van der Waals surface area contributed by atoms with E-state index < -0.39 is 11.6 Å². The highest BCUT2D eigenvalue weighted by Gasteiger charge is 2.33. The zero-order chi connectivity index (χ0) is 18.7. The Morgan fingerprint density at radius 3 is 2.36 bits per heavy atom. The van der Waals surface area contributed by atoms with E-state index in [-0.39, 0.29) is 22.6 Å². The van der Waals surface area contributed by atoms with Crippen molar-refractivity contribution in [1.82, 2.24) is 0 Å². The third-order valence-electron chi connectivity index (χ3n) is 4.42. The minimum atomic E-state index is -0.721. The largest absolute Gasteiger partial charge is 0.508 e. The molecular formula is C21H24O4. The molecule has 0 aromatic heterocycles. The number of ketones is 2. The number of hydrogen-bond acceptors (Lipinski definition) is 4. The first-order chi connectivity index (χ1) is 11.7. The Labute approximate surface area is 148 Å². The van der Waals surface area contributed by atoms with E-state index in [4.69, 9.17) is 0 Å². The molecule has 1 aromatic rings. The highest BCUT2D eigenvalue weighted by atomic mass is 16.3. The molecule has 1 aliphatic rings. The number of hydrogen-bond donors (Lipinski definition) is 2. The fraction of sp³-hybridized carbons (Fsp3) is 0.333. The van der Waals surface area contributed by atoms with E-state index in [0.717, 1.165) is 18.4 Å². The summed E-state index contributed by atoms with van der Waals surface area (Å²) < 4.78 is 0. The SMILES string of the molecule is CC(C)=CCC/C(C)=C/Cc1c(O)ccc2c1C(=O)C(=O)C(C)=C2O. The number of Topliss-reactive ketones (excluding diaryl/α,β-unsaturated/α-hetero) is 2. The highest BCUT2D eigenvalue weighted by molar-refractivity contribution is 6.52. The summed E-state index contributed by atoms with van der Waals surface area (Å²) in [4.78, 5) is 24.4. The molecule has 4 heteroatoms. The molecule has 0 radical (unpaired) electrons. The van der Waals surface area contributed by atoms with Gasteiger partial charge in [0.05, 0.1) is 0 Å². The molecule has 0 atom stereocenters. The molecule has 0 saturated heterocycles. The normalized spacial score (nSPS) is 14.6. The fourth-order valence-electron chi connectivity index (χ4n) is 2.86. The number of aliphatic hydroxyl groups is 1. The van der Waals surface area contributed by atoms with Gasteiger partial charge in [0.1, 0.15) is 11.5 Å². The lowest BCUT2D eigenvalue weighted by molar-refractivity contribution is -0.111. The molecular weight excluding hydrogens is 316 g/mol. The molecule has 0 bridgehead atoms. The zero-order valence-corrected chi connectivity index (χ0v) is 15.1. The molecule has 0 unspecified atom stereocenters. The highest BCUT2D eigenvalue weighted by Crippen LogP contribution is 2.34. The van der Waals surface area contributed by atoms with Crippen LogP contribution >= 0.6 is 0 Å². The van der Waals surface area contributed by atoms with Crippen LogP contribution in [0.1, 0.15) is 62.0 Å². The summed E-state index contributed by atoms with van der Waals surface area (Å²) >= 11 is 0. The Hall–Kier alpha value is -2.62. The lowest BCUT2D eigenvalue weighted by Crippen LogP contribution is -2.24. The van der Waals surface area contributed by atoms with Gasteiger partial charge in [0.2, 0.25) is 11.6 Å². The second-order valence-electron chi connectivity index (χ2n) is 6.69. The maximum atomic E-state index is 12.4. The fourth-order valence-corrected chi connectivity index (χ4v) is 2.86. The van der Waals surface area contributed by atoms with Crippen molar-refractivity contribution >= 4 is 17.3 Å². The Morgan fingerprint density at radius 1 is 1.04 bits per heavy atom. The molecule has 2 N–H and O–H groups in total. The van der Waals surface area contributed by atoms with Crippen molar-refractivity contribution in [2.24, 2.45) is 0 Å². The predicted octanol–water partition coefficient (Wildman–Crippen LogP) is 4.68. The molecule has 1 aliphatic carbocycles. The van der Waals surface area contributed by atoms with Crippen LogP contribution < -0.4 is 0 Å². The molecule has 0 spiro atoms. The molecule has 2 rings (SSSR count). The molecule has 132 valence electrons. The predicted molar refractivity (Wildman–Crippen MR) is 98.8 cm³/mol. The number of phenols is 1. The van der Waals surface area contributed by atoms with E-state index >= 15 is 0 Å². The summed E-state index contributed by atoms with van der Waals surface area (Å²) in [5.74, 6) is -1.63. The van der Waals surface area contributed by atoms with E-state index in [1.54, 1.807) is 0 Å². The van der Waals surface area contributed by atoms with Crippen LogP contribution in [0.5, 0.6) is 5.75 Å². The van der Waals surface area contributed by atoms with E-state index in [9.17, 15) is 19.8 Å². The van der Waals surface area contributed by atoms with Crippen LogP contribution in [0, 0.1) is 0 Å². The van der Waals surface area contributed by atoms with Crippen LogP contribution in [0.15, 0.2) is 41.0 Å². The van der Waals surface area contributed by atoms with Gasteiger partial charge in [-0.05, 0) is 59.1 Å². The number of carbonyl (C=O) groups excluding carboxylic acids is 2. The van der Waals surface area contributed by atoms with E-state index in [0.29, 0.717) is 17.5 Å². The van der Waals surface area contributed by atoms with Crippen LogP contribution in [-0.4, -0.2) is 21.8 Å². The first-order valence-corrected chi connectivity index (χ1v) is 8.37. The molecule has 1 aromatic carbocycles. The summed E-state index contributed by atoms with van der Waals surface area (Å²) in [6, 6.07) is 2.93. The Balaban J connectivity index is 2.36. The van der Waals surface area contributed by atoms with Crippen molar-refractivity contribution in [1.29, 1.82) is 0 Å². The Kier molecular flexibility index (Phi) is 5.62. The molecule has 0 heterocycles. The van der Waals surface area contributed by atoms with Crippen LogP contribution in [0.4, 0.5) is 0 Å². The first kappa shape index (κ1) is 18.7. The summed E-state index contributed by atoms with van der Waals surface area (Å²) in [6.45, 7) is 7.54. The number of aliphatic hydroxyl groups excluding tert-OH is 1. The number of rotatable bonds is 5. The van der Waals surface area contributed by atoms with Crippen molar-refractivity contribution < 1.29 is 19.8 Å². The molecule has 0 aliphatic heterocycles. The Morgan fingerprint density at radius 2 is 1.72 bits per heavy atom. The average Bonchev–Trinajstić information content (AvgIpc) is 2.56. The van der Waals surface area contributed by atoms with Gasteiger partial charge in [0, 0.05) is 22.3 Å². The standard InChI is InChI=1S/C21H24O4/c1-12(2)6-5-7-13(3)8-9-15-17(22)11-10-16-18(15)21(25)20(24)14(4)19(16)23/h6,8,10-11,22-23H,5,7,9H2,1-4H3/b13-8+. The maximum Gasteiger partial charge on any atom is 0.234 e. The van der Waals surface area contributed by atoms with Gasteiger partial charge in [-0.2, -0.15) is 0 Å². The molecule has 0 saturated carbocycles.